The molecule has 1 aromatic heterocycles. The Morgan fingerprint density at radius 3 is 2.23 bits per heavy atom. The molecule has 3 aromatic rings. The first-order valence-electron chi connectivity index (χ1n) is 11.4. The van der Waals surface area contributed by atoms with Crippen molar-refractivity contribution < 1.29 is 4.79 Å². The Hall–Kier alpha value is -2.81. The van der Waals surface area contributed by atoms with Gasteiger partial charge in [-0.15, -0.1) is 0 Å². The predicted octanol–water partition coefficient (Wildman–Crippen LogP) is 5.96. The molecule has 0 saturated carbocycles. The highest BCUT2D eigenvalue weighted by Crippen LogP contribution is 2.33. The largest absolute Gasteiger partial charge is 0.339 e. The van der Waals surface area contributed by atoms with E-state index >= 15 is 0 Å². The Balaban J connectivity index is 1.56. The van der Waals surface area contributed by atoms with Gasteiger partial charge in [0.25, 0.3) is 5.91 Å². The van der Waals surface area contributed by atoms with Crippen molar-refractivity contribution in [3.8, 4) is 16.9 Å². The quantitative estimate of drug-likeness (QED) is 0.500. The summed E-state index contributed by atoms with van der Waals surface area (Å²) >= 11 is 0. The van der Waals surface area contributed by atoms with Crippen LogP contribution < -0.4 is 0 Å². The molecule has 1 aliphatic carbocycles. The fourth-order valence-electron chi connectivity index (χ4n) is 4.96. The summed E-state index contributed by atoms with van der Waals surface area (Å²) in [4.78, 5) is 14.7. The van der Waals surface area contributed by atoms with Crippen molar-refractivity contribution in [2.45, 2.75) is 51.9 Å². The predicted molar refractivity (Wildman–Crippen MR) is 122 cm³/mol. The Bertz CT molecular complexity index is 1040. The zero-order valence-electron chi connectivity index (χ0n) is 17.9. The maximum atomic E-state index is 12.8. The van der Waals surface area contributed by atoms with Crippen LogP contribution in [0.4, 0.5) is 0 Å². The first-order valence-corrected chi connectivity index (χ1v) is 11.4. The summed E-state index contributed by atoms with van der Waals surface area (Å²) in [6.07, 6.45) is 8.35. The van der Waals surface area contributed by atoms with Gasteiger partial charge in [0.2, 0.25) is 0 Å². The van der Waals surface area contributed by atoms with Crippen molar-refractivity contribution >= 4 is 5.91 Å². The van der Waals surface area contributed by atoms with Crippen LogP contribution in [0.3, 0.4) is 0 Å². The Morgan fingerprint density at radius 2 is 1.50 bits per heavy atom. The normalized spacial score (nSPS) is 16.4. The monoisotopic (exact) mass is 398 g/mol. The molecule has 0 spiro atoms. The molecule has 0 unspecified atom stereocenters. The number of hydrogen-bond donors (Lipinski definition) is 0. The molecule has 154 valence electrons. The number of rotatable bonds is 3. The van der Waals surface area contributed by atoms with Gasteiger partial charge >= 0.3 is 0 Å². The van der Waals surface area contributed by atoms with Gasteiger partial charge in [-0.3, -0.25) is 4.79 Å². The van der Waals surface area contributed by atoms with Crippen LogP contribution in [0.5, 0.6) is 0 Å². The summed E-state index contributed by atoms with van der Waals surface area (Å²) in [5.74, 6) is 0.171. The molecule has 3 heteroatoms. The number of likely N-dealkylation sites (tertiary alicyclic amines) is 1. The molecule has 30 heavy (non-hydrogen) atoms. The van der Waals surface area contributed by atoms with Gasteiger partial charge in [0.15, 0.2) is 0 Å². The van der Waals surface area contributed by atoms with E-state index in [1.165, 1.54) is 47.3 Å². The van der Waals surface area contributed by atoms with Crippen LogP contribution in [0.15, 0.2) is 54.6 Å². The van der Waals surface area contributed by atoms with E-state index in [1.807, 2.05) is 17.0 Å². The van der Waals surface area contributed by atoms with Gasteiger partial charge in [-0.05, 0) is 86.9 Å². The Labute approximate surface area is 179 Å². The second kappa shape index (κ2) is 8.14. The van der Waals surface area contributed by atoms with Gasteiger partial charge in [-0.25, -0.2) is 0 Å². The number of aryl methyl sites for hydroxylation is 2. The number of hydrogen-bond acceptors (Lipinski definition) is 1. The lowest BCUT2D eigenvalue weighted by molar-refractivity contribution is 0.0793. The molecule has 2 aromatic carbocycles. The lowest BCUT2D eigenvalue weighted by Crippen LogP contribution is -2.27. The molecule has 1 aliphatic heterocycles. The molecule has 1 saturated heterocycles. The highest BCUT2D eigenvalue weighted by Gasteiger charge is 2.21. The molecule has 5 rings (SSSR count). The number of benzene rings is 2. The van der Waals surface area contributed by atoms with E-state index in [1.54, 1.807) is 0 Å². The second-order valence-electron chi connectivity index (χ2n) is 8.81. The highest BCUT2D eigenvalue weighted by atomic mass is 16.2. The zero-order valence-corrected chi connectivity index (χ0v) is 17.9. The van der Waals surface area contributed by atoms with Gasteiger partial charge in [0.05, 0.1) is 5.69 Å². The third kappa shape index (κ3) is 3.58. The number of aromatic nitrogens is 1. The van der Waals surface area contributed by atoms with Gasteiger partial charge in [0, 0.05) is 30.0 Å². The van der Waals surface area contributed by atoms with Crippen LogP contribution in [0.25, 0.3) is 16.9 Å². The molecule has 2 heterocycles. The van der Waals surface area contributed by atoms with Crippen molar-refractivity contribution in [1.82, 2.24) is 9.47 Å². The molecule has 0 N–H and O–H groups in total. The molecule has 1 fully saturated rings. The van der Waals surface area contributed by atoms with E-state index in [9.17, 15) is 4.79 Å². The van der Waals surface area contributed by atoms with E-state index in [2.05, 4.69) is 54.0 Å². The summed E-state index contributed by atoms with van der Waals surface area (Å²) in [7, 11) is 0. The SMILES string of the molecule is Cc1ccc(-c2cc3c(n2-c2ccc(C(=O)N4CCCC4)cc2)CCCCC3)cc1. The van der Waals surface area contributed by atoms with Crippen molar-refractivity contribution in [1.29, 1.82) is 0 Å². The summed E-state index contributed by atoms with van der Waals surface area (Å²) in [6.45, 7) is 3.92. The first kappa shape index (κ1) is 19.2. The van der Waals surface area contributed by atoms with Crippen molar-refractivity contribution in [3.05, 3.63) is 77.0 Å². The van der Waals surface area contributed by atoms with Crippen molar-refractivity contribution in [3.63, 3.8) is 0 Å². The van der Waals surface area contributed by atoms with Crippen LogP contribution in [-0.4, -0.2) is 28.5 Å². The number of nitrogens with zero attached hydrogens (tertiary/aromatic N) is 2. The molecular formula is C27H30N2O. The van der Waals surface area contributed by atoms with Crippen LogP contribution in [0.2, 0.25) is 0 Å². The van der Waals surface area contributed by atoms with Crippen molar-refractivity contribution in [2.75, 3.05) is 13.1 Å². The molecule has 2 aliphatic rings. The number of amides is 1. The van der Waals surface area contributed by atoms with E-state index in [-0.39, 0.29) is 5.91 Å². The summed E-state index contributed by atoms with van der Waals surface area (Å²) in [6, 6.07) is 19.5. The molecule has 3 nitrogen and oxygen atoms in total. The lowest BCUT2D eigenvalue weighted by Gasteiger charge is -2.17. The van der Waals surface area contributed by atoms with E-state index < -0.39 is 0 Å². The number of carbonyl (C=O) groups excluding carboxylic acids is 1. The van der Waals surface area contributed by atoms with Gasteiger partial charge in [0.1, 0.15) is 0 Å². The van der Waals surface area contributed by atoms with Gasteiger partial charge < -0.3 is 9.47 Å². The molecule has 1 amide bonds. The molecule has 0 radical (unpaired) electrons. The van der Waals surface area contributed by atoms with Crippen LogP contribution in [0, 0.1) is 6.92 Å². The summed E-state index contributed by atoms with van der Waals surface area (Å²) in [5.41, 5.74) is 8.69. The fourth-order valence-corrected chi connectivity index (χ4v) is 4.96. The molecular weight excluding hydrogens is 368 g/mol. The average molecular weight is 399 g/mol. The van der Waals surface area contributed by atoms with Crippen molar-refractivity contribution in [2.24, 2.45) is 0 Å². The molecule has 0 atom stereocenters. The second-order valence-corrected chi connectivity index (χ2v) is 8.81. The lowest BCUT2D eigenvalue weighted by atomic mass is 10.1. The Kier molecular flexibility index (Phi) is 5.20. The van der Waals surface area contributed by atoms with Gasteiger partial charge in [-0.2, -0.15) is 0 Å². The van der Waals surface area contributed by atoms with E-state index in [0.717, 1.165) is 50.0 Å². The fraction of sp³-hybridized carbons (Fsp3) is 0.370. The topological polar surface area (TPSA) is 25.2 Å². The minimum absolute atomic E-state index is 0.171. The van der Waals surface area contributed by atoms with Crippen LogP contribution in [-0.2, 0) is 12.8 Å². The summed E-state index contributed by atoms with van der Waals surface area (Å²) in [5, 5.41) is 0. The summed E-state index contributed by atoms with van der Waals surface area (Å²) < 4.78 is 2.44. The van der Waals surface area contributed by atoms with Crippen LogP contribution >= 0.6 is 0 Å². The highest BCUT2D eigenvalue weighted by molar-refractivity contribution is 5.94. The van der Waals surface area contributed by atoms with E-state index in [4.69, 9.17) is 0 Å². The minimum Gasteiger partial charge on any atom is -0.339 e. The van der Waals surface area contributed by atoms with Crippen LogP contribution in [0.1, 0.15) is 59.3 Å². The Morgan fingerprint density at radius 1 is 0.800 bits per heavy atom. The first-order chi connectivity index (χ1) is 14.7. The molecule has 0 bridgehead atoms. The third-order valence-corrected chi connectivity index (χ3v) is 6.67. The zero-order chi connectivity index (χ0) is 20.5. The number of fused-ring (bicyclic) bond motifs is 1. The maximum absolute atomic E-state index is 12.8. The maximum Gasteiger partial charge on any atom is 0.253 e. The average Bonchev–Trinajstić information content (AvgIpc) is 3.37. The minimum atomic E-state index is 0.171. The third-order valence-electron chi connectivity index (χ3n) is 6.67. The van der Waals surface area contributed by atoms with E-state index in [0.29, 0.717) is 0 Å². The standard InChI is InChI=1S/C27H30N2O/c1-20-9-11-21(12-10-20)26-19-23-7-3-2-4-8-25(23)29(26)24-15-13-22(14-16-24)27(30)28-17-5-6-18-28/h9-16,19H,2-8,17-18H2,1H3. The number of carbonyl (C=O) groups is 1. The van der Waals surface area contributed by atoms with Gasteiger partial charge in [-0.1, -0.05) is 36.2 Å². The smallest absolute Gasteiger partial charge is 0.253 e.